The van der Waals surface area contributed by atoms with Crippen molar-refractivity contribution in [2.24, 2.45) is 0 Å². The van der Waals surface area contributed by atoms with Crippen molar-refractivity contribution >= 4 is 0 Å². The van der Waals surface area contributed by atoms with Crippen LogP contribution in [0.1, 0.15) is 105 Å². The largest absolute Gasteiger partial charge is 0.396 e. The van der Waals surface area contributed by atoms with E-state index in [2.05, 4.69) is 27.4 Å². The molecule has 54 heavy (non-hydrogen) atoms. The maximum Gasteiger partial charge on any atom is 0.118 e. The van der Waals surface area contributed by atoms with E-state index >= 15 is 0 Å². The van der Waals surface area contributed by atoms with Gasteiger partial charge in [-0.2, -0.15) is 0 Å². The molecule has 302 valence electrons. The van der Waals surface area contributed by atoms with Crippen LogP contribution in [0.2, 0.25) is 0 Å². The van der Waals surface area contributed by atoms with E-state index in [0.29, 0.717) is 51.4 Å². The van der Waals surface area contributed by atoms with Crippen molar-refractivity contribution in [3.63, 3.8) is 0 Å². The minimum Gasteiger partial charge on any atom is -0.396 e. The van der Waals surface area contributed by atoms with Crippen molar-refractivity contribution in [3.8, 4) is 0 Å². The van der Waals surface area contributed by atoms with Gasteiger partial charge in [-0.05, 0) is 66.7 Å². The highest BCUT2D eigenvalue weighted by Crippen LogP contribution is 2.54. The van der Waals surface area contributed by atoms with Gasteiger partial charge in [0, 0.05) is 45.1 Å². The van der Waals surface area contributed by atoms with Crippen LogP contribution in [0, 0.1) is 0 Å². The topological polar surface area (TPSA) is 135 Å². The van der Waals surface area contributed by atoms with Gasteiger partial charge in [-0.15, -0.1) is 6.58 Å². The van der Waals surface area contributed by atoms with Crippen molar-refractivity contribution in [2.75, 3.05) is 6.61 Å². The number of hydrogen-bond acceptors (Lipinski definition) is 11. The predicted molar refractivity (Wildman–Crippen MR) is 200 cm³/mol. The summed E-state index contributed by atoms with van der Waals surface area (Å²) in [5, 5.41) is 32.1. The molecule has 8 aliphatic heterocycles. The molecule has 18 atom stereocenters. The Morgan fingerprint density at radius 3 is 2.35 bits per heavy atom. The Labute approximate surface area is 321 Å². The van der Waals surface area contributed by atoms with E-state index in [1.807, 2.05) is 49.5 Å². The van der Waals surface area contributed by atoms with Crippen LogP contribution in [-0.4, -0.2) is 129 Å². The van der Waals surface area contributed by atoms with E-state index < -0.39 is 40.2 Å². The Balaban J connectivity index is 0.950. The first-order chi connectivity index (χ1) is 25.7. The first kappa shape index (κ1) is 39.4. The summed E-state index contributed by atoms with van der Waals surface area (Å²) in [5.74, 6) is 0. The molecule has 0 aromatic heterocycles. The fourth-order valence-electron chi connectivity index (χ4n) is 11.1. The number of aliphatic hydroxyl groups is 3. The number of rotatable bonds is 7. The van der Waals surface area contributed by atoms with Gasteiger partial charge in [0.25, 0.3) is 0 Å². The summed E-state index contributed by atoms with van der Waals surface area (Å²) in [4.78, 5) is 0. The average molecular weight is 757 g/mol. The van der Waals surface area contributed by atoms with Crippen LogP contribution in [-0.2, 0) is 37.9 Å². The molecule has 0 aliphatic carbocycles. The van der Waals surface area contributed by atoms with Gasteiger partial charge in [0.15, 0.2) is 0 Å². The van der Waals surface area contributed by atoms with Gasteiger partial charge in [-0.25, -0.2) is 0 Å². The van der Waals surface area contributed by atoms with E-state index in [-0.39, 0.29) is 73.8 Å². The van der Waals surface area contributed by atoms with Crippen molar-refractivity contribution in [2.45, 2.75) is 213 Å². The zero-order valence-electron chi connectivity index (χ0n) is 32.8. The molecule has 7 saturated heterocycles. The van der Waals surface area contributed by atoms with Gasteiger partial charge < -0.3 is 53.2 Å². The molecule has 0 bridgehead atoms. The fourth-order valence-corrected chi connectivity index (χ4v) is 11.1. The van der Waals surface area contributed by atoms with Gasteiger partial charge in [0.1, 0.15) is 23.4 Å². The molecule has 8 heterocycles. The highest BCUT2D eigenvalue weighted by atomic mass is 16.6. The Kier molecular flexibility index (Phi) is 10.7. The summed E-state index contributed by atoms with van der Waals surface area (Å²) < 4.78 is 54.9. The minimum absolute atomic E-state index is 0.104. The molecule has 11 nitrogen and oxygen atoms in total. The highest BCUT2D eigenvalue weighted by molar-refractivity contribution is 5.20. The standard InChI is InChI=1S/C43H64O11/c1-7-8-9-10-11-14-34-39(2,46)18-17-28-30(49-34)22-36-42(5,52-28)25-41(4)35(51-36)16-15-27-31(53-41)21-29-32(48-27)24-40(3)37(50-29)23-38-43(6,54-40)33(45)20-26(47-38)13-12-19-44/h7,9-11,14,17-18,26-38,44-46H,1,8,12-13,15-16,19-25H2,2-6H3/b10-9-,14-11-/t26-,27+,28+,29+,30-,31-,32-,33-,34+,35-,36+,37-,38+,39-,40+,41+,42-,43-/m1/s1. The van der Waals surface area contributed by atoms with E-state index in [9.17, 15) is 15.3 Å². The minimum atomic E-state index is -1.19. The molecule has 0 saturated carbocycles. The van der Waals surface area contributed by atoms with Crippen LogP contribution in [0.25, 0.3) is 0 Å². The maximum absolute atomic E-state index is 11.3. The summed E-state index contributed by atoms with van der Waals surface area (Å²) >= 11 is 0. The quantitative estimate of drug-likeness (QED) is 0.241. The maximum atomic E-state index is 11.3. The van der Waals surface area contributed by atoms with Crippen LogP contribution in [0.4, 0.5) is 0 Å². The summed E-state index contributed by atoms with van der Waals surface area (Å²) in [5.41, 5.74) is -3.89. The Hall–Kier alpha value is -1.48. The molecule has 0 aromatic carbocycles. The second-order valence-corrected chi connectivity index (χ2v) is 18.5. The van der Waals surface area contributed by atoms with Gasteiger partial charge in [0.2, 0.25) is 0 Å². The number of aliphatic hydroxyl groups excluding tert-OH is 2. The van der Waals surface area contributed by atoms with Crippen molar-refractivity contribution in [1.82, 2.24) is 0 Å². The van der Waals surface area contributed by atoms with Crippen LogP contribution < -0.4 is 0 Å². The van der Waals surface area contributed by atoms with E-state index in [1.54, 1.807) is 6.92 Å². The van der Waals surface area contributed by atoms with Gasteiger partial charge in [0.05, 0.1) is 83.9 Å². The van der Waals surface area contributed by atoms with E-state index in [0.717, 1.165) is 19.3 Å². The number of fused-ring (bicyclic) bond motifs is 7. The molecule has 8 aliphatic rings. The second-order valence-electron chi connectivity index (χ2n) is 18.5. The lowest BCUT2D eigenvalue weighted by Crippen LogP contribution is -2.72. The van der Waals surface area contributed by atoms with Crippen LogP contribution in [0.15, 0.2) is 49.1 Å². The molecule has 8 rings (SSSR count). The lowest BCUT2D eigenvalue weighted by atomic mass is 9.72. The zero-order chi connectivity index (χ0) is 38.1. The molecule has 0 aromatic rings. The normalized spacial score (nSPS) is 54.2. The molecule has 7 fully saturated rings. The molecule has 0 spiro atoms. The highest BCUT2D eigenvalue weighted by Gasteiger charge is 2.64. The van der Waals surface area contributed by atoms with Crippen molar-refractivity contribution < 1.29 is 53.2 Å². The van der Waals surface area contributed by atoms with Gasteiger partial charge in [-0.1, -0.05) is 42.5 Å². The first-order valence-electron chi connectivity index (χ1n) is 20.6. The van der Waals surface area contributed by atoms with Gasteiger partial charge in [-0.3, -0.25) is 0 Å². The molecule has 3 N–H and O–H groups in total. The lowest BCUT2D eigenvalue weighted by molar-refractivity contribution is -0.369. The zero-order valence-corrected chi connectivity index (χ0v) is 32.8. The molecular formula is C43H64O11. The summed E-state index contributed by atoms with van der Waals surface area (Å²) in [6, 6.07) is 0. The van der Waals surface area contributed by atoms with Crippen LogP contribution >= 0.6 is 0 Å². The number of allylic oxidation sites excluding steroid dienone is 4. The third kappa shape index (κ3) is 7.16. The molecule has 11 heteroatoms. The third-order valence-electron chi connectivity index (χ3n) is 14.1. The fraction of sp³-hybridized carbons (Fsp3) is 0.814. The summed E-state index contributed by atoms with van der Waals surface area (Å²) in [6.07, 6.45) is 17.5. The molecule has 0 unspecified atom stereocenters. The Bertz CT molecular complexity index is 1460. The monoisotopic (exact) mass is 756 g/mol. The van der Waals surface area contributed by atoms with E-state index in [1.165, 1.54) is 0 Å². The molecule has 0 radical (unpaired) electrons. The Morgan fingerprint density at radius 2 is 1.56 bits per heavy atom. The summed E-state index contributed by atoms with van der Waals surface area (Å²) in [7, 11) is 0. The van der Waals surface area contributed by atoms with Crippen molar-refractivity contribution in [1.29, 1.82) is 0 Å². The SMILES string of the molecule is C=CC/C=C\C=C/[C@@H]1O[C@@H]2C[C@@H]3O[C@@H]4CC[C@@H]5O[C@@H]6C[C@]7(C)O[C@]8(C)[C@H](O)C[C@@H](CCCO)O[C@H]8C[C@H]7O[C@H]6C[C@H]5O[C@@]4(C)C[C@@]3(C)O[C@H]2C=C[C@@]1(C)O. The molecule has 0 amide bonds. The Morgan fingerprint density at radius 1 is 0.759 bits per heavy atom. The number of ether oxygens (including phenoxy) is 8. The second kappa shape index (κ2) is 14.7. The van der Waals surface area contributed by atoms with E-state index in [4.69, 9.17) is 37.9 Å². The predicted octanol–water partition coefficient (Wildman–Crippen LogP) is 4.94. The molecular weight excluding hydrogens is 692 g/mol. The third-order valence-corrected chi connectivity index (χ3v) is 14.1. The summed E-state index contributed by atoms with van der Waals surface area (Å²) in [6.45, 7) is 14.0. The lowest BCUT2D eigenvalue weighted by Gasteiger charge is -2.61. The first-order valence-corrected chi connectivity index (χ1v) is 20.6. The van der Waals surface area contributed by atoms with Crippen molar-refractivity contribution in [3.05, 3.63) is 49.1 Å². The van der Waals surface area contributed by atoms with Gasteiger partial charge >= 0.3 is 0 Å². The number of hydrogen-bond donors (Lipinski definition) is 3. The van der Waals surface area contributed by atoms with Crippen LogP contribution in [0.3, 0.4) is 0 Å². The smallest absolute Gasteiger partial charge is 0.118 e. The van der Waals surface area contributed by atoms with Crippen LogP contribution in [0.5, 0.6) is 0 Å². The average Bonchev–Trinajstić information content (AvgIpc) is 3.31.